The Kier molecular flexibility index (Phi) is 5.68. The van der Waals surface area contributed by atoms with Crippen LogP contribution < -0.4 is 16.2 Å². The molecule has 8 heteroatoms. The fourth-order valence-electron chi connectivity index (χ4n) is 1.59. The molecule has 0 saturated carbocycles. The van der Waals surface area contributed by atoms with Gasteiger partial charge in [0, 0.05) is 17.8 Å². The maximum Gasteiger partial charge on any atom is 0.279 e. The van der Waals surface area contributed by atoms with Crippen molar-refractivity contribution in [1.29, 1.82) is 0 Å². The van der Waals surface area contributed by atoms with Gasteiger partial charge in [-0.25, -0.2) is 0 Å². The Bertz CT molecular complexity index is 665. The number of carbonyl (C=O) groups is 3. The minimum Gasteiger partial charge on any atom is -0.351 e. The van der Waals surface area contributed by atoms with E-state index in [1.807, 2.05) is 18.4 Å². The SMILES string of the molecule is Cc1ccc(C(=O)NNC(=O)CCNC(=O)c2cccs2)s1. The molecule has 0 aliphatic rings. The number of nitrogens with one attached hydrogen (secondary N) is 3. The van der Waals surface area contributed by atoms with Crippen molar-refractivity contribution < 1.29 is 14.4 Å². The summed E-state index contributed by atoms with van der Waals surface area (Å²) in [6.45, 7) is 2.10. The number of amides is 3. The van der Waals surface area contributed by atoms with Crippen LogP contribution in [0.15, 0.2) is 29.6 Å². The fraction of sp³-hybridized carbons (Fsp3) is 0.214. The predicted octanol–water partition coefficient (Wildman–Crippen LogP) is 1.70. The summed E-state index contributed by atoms with van der Waals surface area (Å²) in [6, 6.07) is 7.03. The Hall–Kier alpha value is -2.19. The second-order valence-electron chi connectivity index (χ2n) is 4.40. The van der Waals surface area contributed by atoms with Gasteiger partial charge in [0.2, 0.25) is 5.91 Å². The quantitative estimate of drug-likeness (QED) is 0.726. The van der Waals surface area contributed by atoms with Crippen molar-refractivity contribution in [2.24, 2.45) is 0 Å². The van der Waals surface area contributed by atoms with Crippen LogP contribution in [0, 0.1) is 6.92 Å². The zero-order valence-corrected chi connectivity index (χ0v) is 13.5. The minimum absolute atomic E-state index is 0.0842. The zero-order valence-electron chi connectivity index (χ0n) is 11.8. The molecule has 0 fully saturated rings. The van der Waals surface area contributed by atoms with E-state index in [4.69, 9.17) is 0 Å². The van der Waals surface area contributed by atoms with E-state index in [-0.39, 0.29) is 30.7 Å². The Morgan fingerprint density at radius 3 is 2.50 bits per heavy atom. The molecule has 0 saturated heterocycles. The monoisotopic (exact) mass is 337 g/mol. The van der Waals surface area contributed by atoms with Gasteiger partial charge in [-0.05, 0) is 30.5 Å². The molecule has 3 N–H and O–H groups in total. The number of aryl methyl sites for hydroxylation is 1. The summed E-state index contributed by atoms with van der Waals surface area (Å²) in [5.74, 6) is -0.928. The first-order valence-electron chi connectivity index (χ1n) is 6.53. The van der Waals surface area contributed by atoms with Crippen LogP contribution in [0.3, 0.4) is 0 Å². The van der Waals surface area contributed by atoms with E-state index in [0.717, 1.165) is 4.88 Å². The van der Waals surface area contributed by atoms with Crippen LogP contribution in [0.25, 0.3) is 0 Å². The summed E-state index contributed by atoms with van der Waals surface area (Å²) in [4.78, 5) is 37.1. The molecule has 6 nitrogen and oxygen atoms in total. The van der Waals surface area contributed by atoms with Crippen molar-refractivity contribution in [3.05, 3.63) is 44.3 Å². The summed E-state index contributed by atoms with van der Waals surface area (Å²) in [7, 11) is 0. The highest BCUT2D eigenvalue weighted by Gasteiger charge is 2.10. The maximum atomic E-state index is 11.7. The van der Waals surface area contributed by atoms with E-state index in [1.165, 1.54) is 22.7 Å². The zero-order chi connectivity index (χ0) is 15.9. The summed E-state index contributed by atoms with van der Waals surface area (Å²) < 4.78 is 0. The van der Waals surface area contributed by atoms with Crippen LogP contribution in [-0.2, 0) is 4.79 Å². The first-order valence-corrected chi connectivity index (χ1v) is 8.23. The molecule has 0 atom stereocenters. The molecule has 0 spiro atoms. The van der Waals surface area contributed by atoms with E-state index in [1.54, 1.807) is 18.2 Å². The van der Waals surface area contributed by atoms with Gasteiger partial charge in [0.15, 0.2) is 0 Å². The van der Waals surface area contributed by atoms with Crippen molar-refractivity contribution in [3.63, 3.8) is 0 Å². The number of thiophene rings is 2. The summed E-state index contributed by atoms with van der Waals surface area (Å²) in [5.41, 5.74) is 4.66. The van der Waals surface area contributed by atoms with Crippen LogP contribution >= 0.6 is 22.7 Å². The molecule has 2 aromatic rings. The van der Waals surface area contributed by atoms with Gasteiger partial charge in [-0.15, -0.1) is 22.7 Å². The molecule has 2 rings (SSSR count). The van der Waals surface area contributed by atoms with Crippen LogP contribution in [0.4, 0.5) is 0 Å². The van der Waals surface area contributed by atoms with Gasteiger partial charge >= 0.3 is 0 Å². The highest BCUT2D eigenvalue weighted by atomic mass is 32.1. The van der Waals surface area contributed by atoms with Crippen LogP contribution in [0.5, 0.6) is 0 Å². The van der Waals surface area contributed by atoms with E-state index >= 15 is 0 Å². The molecule has 0 radical (unpaired) electrons. The molecular weight excluding hydrogens is 322 g/mol. The van der Waals surface area contributed by atoms with Crippen molar-refractivity contribution >= 4 is 40.4 Å². The molecule has 0 aromatic carbocycles. The largest absolute Gasteiger partial charge is 0.351 e. The van der Waals surface area contributed by atoms with E-state index < -0.39 is 0 Å². The van der Waals surface area contributed by atoms with Gasteiger partial charge in [-0.2, -0.15) is 0 Å². The van der Waals surface area contributed by atoms with E-state index in [0.29, 0.717) is 9.75 Å². The molecule has 2 aromatic heterocycles. The van der Waals surface area contributed by atoms with Crippen molar-refractivity contribution in [1.82, 2.24) is 16.2 Å². The molecule has 22 heavy (non-hydrogen) atoms. The standard InChI is InChI=1S/C14H15N3O3S2/c1-9-4-5-11(22-9)14(20)17-16-12(18)6-7-15-13(19)10-3-2-8-21-10/h2-5,8H,6-7H2,1H3,(H,15,19)(H,16,18)(H,17,20). The molecular formula is C14H15N3O3S2. The predicted molar refractivity (Wildman–Crippen MR) is 85.9 cm³/mol. The maximum absolute atomic E-state index is 11.7. The third kappa shape index (κ3) is 4.68. The molecule has 116 valence electrons. The first-order chi connectivity index (χ1) is 10.6. The van der Waals surface area contributed by atoms with Gasteiger partial charge < -0.3 is 5.32 Å². The third-order valence-corrected chi connectivity index (χ3v) is 4.53. The number of rotatable bonds is 5. The van der Waals surface area contributed by atoms with E-state index in [2.05, 4.69) is 16.2 Å². The van der Waals surface area contributed by atoms with Gasteiger partial charge in [0.05, 0.1) is 9.75 Å². The Labute approximate surface area is 135 Å². The van der Waals surface area contributed by atoms with Crippen LogP contribution in [-0.4, -0.2) is 24.3 Å². The first kappa shape index (κ1) is 16.2. The topological polar surface area (TPSA) is 87.3 Å². The van der Waals surface area contributed by atoms with Crippen LogP contribution in [0.2, 0.25) is 0 Å². The van der Waals surface area contributed by atoms with E-state index in [9.17, 15) is 14.4 Å². The molecule has 3 amide bonds. The minimum atomic E-state index is -0.367. The number of hydrogen-bond donors (Lipinski definition) is 3. The lowest BCUT2D eigenvalue weighted by atomic mass is 10.4. The average molecular weight is 337 g/mol. The lowest BCUT2D eigenvalue weighted by molar-refractivity contribution is -0.121. The lowest BCUT2D eigenvalue weighted by Gasteiger charge is -2.07. The smallest absolute Gasteiger partial charge is 0.279 e. The lowest BCUT2D eigenvalue weighted by Crippen LogP contribution is -2.42. The number of hydrazine groups is 1. The molecule has 0 aliphatic heterocycles. The number of carbonyl (C=O) groups excluding carboxylic acids is 3. The van der Waals surface area contributed by atoms with Crippen molar-refractivity contribution in [2.45, 2.75) is 13.3 Å². The average Bonchev–Trinajstić information content (AvgIpc) is 3.15. The Balaban J connectivity index is 1.66. The highest BCUT2D eigenvalue weighted by Crippen LogP contribution is 2.14. The summed E-state index contributed by atoms with van der Waals surface area (Å²) in [5, 5.41) is 4.45. The second-order valence-corrected chi connectivity index (χ2v) is 6.63. The third-order valence-electron chi connectivity index (χ3n) is 2.66. The van der Waals surface area contributed by atoms with Gasteiger partial charge in [-0.3, -0.25) is 25.2 Å². The van der Waals surface area contributed by atoms with Crippen LogP contribution in [0.1, 0.15) is 30.6 Å². The Morgan fingerprint density at radius 1 is 1.05 bits per heavy atom. The van der Waals surface area contributed by atoms with Crippen molar-refractivity contribution in [2.75, 3.05) is 6.54 Å². The van der Waals surface area contributed by atoms with Gasteiger partial charge in [-0.1, -0.05) is 6.07 Å². The number of hydrogen-bond acceptors (Lipinski definition) is 5. The second kappa shape index (κ2) is 7.71. The molecule has 0 bridgehead atoms. The molecule has 2 heterocycles. The van der Waals surface area contributed by atoms with Gasteiger partial charge in [0.1, 0.15) is 0 Å². The molecule has 0 aliphatic carbocycles. The Morgan fingerprint density at radius 2 is 1.86 bits per heavy atom. The summed E-state index contributed by atoms with van der Waals surface area (Å²) >= 11 is 2.68. The summed E-state index contributed by atoms with van der Waals surface area (Å²) in [6.07, 6.45) is 0.0842. The molecule has 0 unspecified atom stereocenters. The fourth-order valence-corrected chi connectivity index (χ4v) is 2.99. The van der Waals surface area contributed by atoms with Crippen molar-refractivity contribution in [3.8, 4) is 0 Å². The highest BCUT2D eigenvalue weighted by molar-refractivity contribution is 7.14. The normalized spacial score (nSPS) is 10.0. The van der Waals surface area contributed by atoms with Gasteiger partial charge in [0.25, 0.3) is 11.8 Å².